The van der Waals surface area contributed by atoms with Crippen molar-refractivity contribution in [2.24, 2.45) is 7.05 Å². The number of hydrogen-bond donors (Lipinski definition) is 3. The minimum absolute atomic E-state index is 0.00894. The van der Waals surface area contributed by atoms with Gasteiger partial charge >= 0.3 is 12.0 Å². The molecule has 1 saturated carbocycles. The number of aromatic nitrogens is 4. The summed E-state index contributed by atoms with van der Waals surface area (Å²) in [6.07, 6.45) is 8.77. The number of carbonyl (C=O) groups is 2. The first kappa shape index (κ1) is 34.5. The van der Waals surface area contributed by atoms with E-state index >= 15 is 0 Å². The van der Waals surface area contributed by atoms with Crippen molar-refractivity contribution in [1.29, 1.82) is 5.41 Å². The summed E-state index contributed by atoms with van der Waals surface area (Å²) < 4.78 is 36.4. The Bertz CT molecular complexity index is 1830. The number of likely N-dealkylation sites (tertiary alicyclic amines) is 1. The Balaban J connectivity index is 1.03. The number of aromatic carboxylic acids is 1. The highest BCUT2D eigenvalue weighted by Crippen LogP contribution is 2.40. The average molecular weight is 704 g/mol. The van der Waals surface area contributed by atoms with Crippen LogP contribution in [0.3, 0.4) is 0 Å². The molecule has 1 aromatic carbocycles. The van der Waals surface area contributed by atoms with Crippen LogP contribution in [0.4, 0.5) is 14.5 Å². The SMILES string of the molecule is CC(=O)N1CCC(NC2CCN(C3CC(Oc4ncc(C(=O)O)cn4)C3)CC2)=C(C(=N)N2CCCc3cc(-c4cnn(C)c4)c(C(F)F)cc32)C1. The first-order valence-electron chi connectivity index (χ1n) is 17.5. The minimum atomic E-state index is -2.70. The lowest BCUT2D eigenvalue weighted by Gasteiger charge is -2.45. The molecule has 0 spiro atoms. The molecule has 2 aromatic heterocycles. The maximum absolute atomic E-state index is 14.5. The van der Waals surface area contributed by atoms with Crippen molar-refractivity contribution in [3.8, 4) is 17.1 Å². The maximum atomic E-state index is 14.5. The maximum Gasteiger partial charge on any atom is 0.338 e. The van der Waals surface area contributed by atoms with E-state index in [-0.39, 0.29) is 41.0 Å². The van der Waals surface area contributed by atoms with E-state index in [1.165, 1.54) is 12.4 Å². The van der Waals surface area contributed by atoms with Crippen molar-refractivity contribution in [2.45, 2.75) is 76.5 Å². The van der Waals surface area contributed by atoms with Crippen LogP contribution in [0.25, 0.3) is 11.1 Å². The number of halogens is 2. The molecule has 2 fully saturated rings. The van der Waals surface area contributed by atoms with E-state index in [9.17, 15) is 23.8 Å². The second-order valence-electron chi connectivity index (χ2n) is 13.9. The molecule has 270 valence electrons. The standard InChI is InChI=1S/C36H43F2N9O4/c1-21(48)46-11-7-31(43-25-5-9-45(10-6-25)26-13-27(14-26)51-36-40-16-23(17-41-36)35(49)50)30(20-46)34(39)47-8-3-4-22-12-28(24-18-42-44(2)19-24)29(33(37)38)15-32(22)47/h12,15-19,25-27,33,39,43H,3-11,13-14,20H2,1-2H3,(H,49,50). The van der Waals surface area contributed by atoms with E-state index < -0.39 is 12.4 Å². The number of benzene rings is 1. The van der Waals surface area contributed by atoms with E-state index in [1.54, 1.807) is 42.0 Å². The van der Waals surface area contributed by atoms with Crippen LogP contribution in [0.5, 0.6) is 6.01 Å². The number of carbonyl (C=O) groups excluding carboxylic acids is 1. The average Bonchev–Trinajstić information content (AvgIpc) is 3.55. The van der Waals surface area contributed by atoms with Gasteiger partial charge in [-0.15, -0.1) is 0 Å². The van der Waals surface area contributed by atoms with Crippen LogP contribution >= 0.6 is 0 Å². The lowest BCUT2D eigenvalue weighted by Crippen LogP contribution is -2.54. The van der Waals surface area contributed by atoms with Gasteiger partial charge in [-0.2, -0.15) is 5.10 Å². The van der Waals surface area contributed by atoms with E-state index in [0.29, 0.717) is 48.9 Å². The summed E-state index contributed by atoms with van der Waals surface area (Å²) in [7, 11) is 1.76. The van der Waals surface area contributed by atoms with Crippen molar-refractivity contribution in [2.75, 3.05) is 37.6 Å². The lowest BCUT2D eigenvalue weighted by atomic mass is 9.86. The normalized spacial score (nSPS) is 21.4. The predicted molar refractivity (Wildman–Crippen MR) is 185 cm³/mol. The highest BCUT2D eigenvalue weighted by molar-refractivity contribution is 6.09. The van der Waals surface area contributed by atoms with E-state index in [1.807, 2.05) is 11.0 Å². The van der Waals surface area contributed by atoms with Crippen molar-refractivity contribution < 1.29 is 28.2 Å². The van der Waals surface area contributed by atoms with E-state index in [0.717, 1.165) is 68.4 Å². The van der Waals surface area contributed by atoms with Crippen LogP contribution in [0.2, 0.25) is 0 Å². The number of carboxylic acid groups (broad SMARTS) is 1. The zero-order valence-electron chi connectivity index (χ0n) is 28.8. The highest BCUT2D eigenvalue weighted by Gasteiger charge is 2.38. The molecule has 51 heavy (non-hydrogen) atoms. The number of nitrogens with one attached hydrogen (secondary N) is 2. The third kappa shape index (κ3) is 7.30. The molecule has 0 atom stereocenters. The quantitative estimate of drug-likeness (QED) is 0.216. The van der Waals surface area contributed by atoms with Gasteiger partial charge in [-0.05, 0) is 48.9 Å². The highest BCUT2D eigenvalue weighted by atomic mass is 19.3. The molecule has 0 bridgehead atoms. The van der Waals surface area contributed by atoms with Gasteiger partial charge in [-0.25, -0.2) is 23.5 Å². The smallest absolute Gasteiger partial charge is 0.338 e. The van der Waals surface area contributed by atoms with Crippen LogP contribution in [0, 0.1) is 5.41 Å². The number of amidine groups is 1. The molecular weight excluding hydrogens is 660 g/mol. The number of rotatable bonds is 9. The summed E-state index contributed by atoms with van der Waals surface area (Å²) in [4.78, 5) is 37.6. The number of fused-ring (bicyclic) bond motifs is 1. The third-order valence-electron chi connectivity index (χ3n) is 10.6. The molecule has 1 aliphatic carbocycles. The summed E-state index contributed by atoms with van der Waals surface area (Å²) >= 11 is 0. The van der Waals surface area contributed by atoms with Gasteiger partial charge in [-0.1, -0.05) is 0 Å². The molecular formula is C36H43F2N9O4. The van der Waals surface area contributed by atoms with Gasteiger partial charge in [0.2, 0.25) is 5.91 Å². The second-order valence-corrected chi connectivity index (χ2v) is 13.9. The van der Waals surface area contributed by atoms with Gasteiger partial charge < -0.3 is 25.0 Å². The van der Waals surface area contributed by atoms with Crippen molar-refractivity contribution in [1.82, 2.24) is 34.9 Å². The first-order chi connectivity index (χ1) is 24.5. The van der Waals surface area contributed by atoms with Gasteiger partial charge in [0.05, 0.1) is 18.3 Å². The fraction of sp³-hybridized carbons (Fsp3) is 0.500. The fourth-order valence-corrected chi connectivity index (χ4v) is 7.67. The van der Waals surface area contributed by atoms with Crippen LogP contribution in [-0.2, 0) is 18.3 Å². The summed E-state index contributed by atoms with van der Waals surface area (Å²) in [6, 6.07) is 4.17. The Morgan fingerprint density at radius 2 is 1.80 bits per heavy atom. The Morgan fingerprint density at radius 1 is 1.06 bits per heavy atom. The van der Waals surface area contributed by atoms with Crippen LogP contribution in [0.15, 0.2) is 48.2 Å². The van der Waals surface area contributed by atoms with E-state index in [4.69, 9.17) is 9.84 Å². The van der Waals surface area contributed by atoms with Gasteiger partial charge in [0, 0.05) is 118 Å². The van der Waals surface area contributed by atoms with Gasteiger partial charge in [-0.3, -0.25) is 19.8 Å². The summed E-state index contributed by atoms with van der Waals surface area (Å²) in [5.74, 6) is -0.886. The topological polar surface area (TPSA) is 153 Å². The number of anilines is 1. The molecule has 0 radical (unpaired) electrons. The zero-order chi connectivity index (χ0) is 35.8. The minimum Gasteiger partial charge on any atom is -0.478 e. The first-order valence-corrected chi connectivity index (χ1v) is 17.5. The lowest BCUT2D eigenvalue weighted by molar-refractivity contribution is -0.128. The van der Waals surface area contributed by atoms with E-state index in [2.05, 4.69) is 25.3 Å². The summed E-state index contributed by atoms with van der Waals surface area (Å²) in [6.45, 7) is 4.74. The van der Waals surface area contributed by atoms with Gasteiger partial charge in [0.1, 0.15) is 11.9 Å². The number of alkyl halides is 2. The van der Waals surface area contributed by atoms with Crippen LogP contribution < -0.4 is 15.0 Å². The van der Waals surface area contributed by atoms with Crippen LogP contribution in [0.1, 0.15) is 73.4 Å². The third-order valence-corrected chi connectivity index (χ3v) is 10.6. The van der Waals surface area contributed by atoms with Gasteiger partial charge in [0.15, 0.2) is 0 Å². The zero-order valence-corrected chi connectivity index (χ0v) is 28.8. The number of amides is 1. The fourth-order valence-electron chi connectivity index (χ4n) is 7.67. The molecule has 3 aromatic rings. The van der Waals surface area contributed by atoms with Crippen molar-refractivity contribution >= 4 is 23.4 Å². The van der Waals surface area contributed by atoms with Gasteiger partial charge in [0.25, 0.3) is 6.43 Å². The molecule has 5 heterocycles. The summed E-state index contributed by atoms with van der Waals surface area (Å²) in [5.41, 5.74) is 4.27. The number of aryl methyl sites for hydroxylation is 2. The molecule has 1 amide bonds. The Labute approximate surface area is 294 Å². The molecule has 15 heteroatoms. The molecule has 1 saturated heterocycles. The number of ether oxygens (including phenoxy) is 1. The molecule has 13 nitrogen and oxygen atoms in total. The number of piperidine rings is 1. The molecule has 3 N–H and O–H groups in total. The Morgan fingerprint density at radius 3 is 2.45 bits per heavy atom. The molecule has 3 aliphatic heterocycles. The largest absolute Gasteiger partial charge is 0.478 e. The Kier molecular flexibility index (Phi) is 9.73. The van der Waals surface area contributed by atoms with Crippen molar-refractivity contribution in [3.05, 3.63) is 64.9 Å². The molecule has 7 rings (SSSR count). The Hall–Kier alpha value is -4.92. The number of carboxylic acids is 1. The summed E-state index contributed by atoms with van der Waals surface area (Å²) in [5, 5.41) is 26.5. The van der Waals surface area contributed by atoms with Crippen molar-refractivity contribution in [3.63, 3.8) is 0 Å². The predicted octanol–water partition coefficient (Wildman–Crippen LogP) is 4.41. The number of hydrogen-bond acceptors (Lipinski definition) is 9. The molecule has 4 aliphatic rings. The van der Waals surface area contributed by atoms with Crippen LogP contribution in [-0.4, -0.2) is 103 Å². The molecule has 0 unspecified atom stereocenters. The monoisotopic (exact) mass is 703 g/mol. The number of nitrogens with zero attached hydrogens (tertiary/aromatic N) is 7. The second kappa shape index (κ2) is 14.4.